The molecule has 3 rings (SSSR count). The number of benzene rings is 2. The van der Waals surface area contributed by atoms with Crippen LogP contribution in [0.25, 0.3) is 11.4 Å². The summed E-state index contributed by atoms with van der Waals surface area (Å²) in [5.41, 5.74) is 0.853. The second kappa shape index (κ2) is 8.39. The third-order valence-electron chi connectivity index (χ3n) is 4.28. The smallest absolute Gasteiger partial charge is 0.387 e. The van der Waals surface area contributed by atoms with Crippen LogP contribution in [0.15, 0.2) is 47.0 Å². The molecule has 0 aliphatic heterocycles. The maximum Gasteiger partial charge on any atom is 0.387 e. The SMILES string of the molecule is CC(c1ccc(F)c(F)c1)N(C)Cc1nc(-c2ccccc2OC(F)F)no1. The van der Waals surface area contributed by atoms with Gasteiger partial charge in [0, 0.05) is 6.04 Å². The third kappa shape index (κ3) is 4.48. The fourth-order valence-electron chi connectivity index (χ4n) is 2.66. The molecule has 1 unspecified atom stereocenters. The summed E-state index contributed by atoms with van der Waals surface area (Å²) in [6.07, 6.45) is 0. The summed E-state index contributed by atoms with van der Waals surface area (Å²) in [4.78, 5) is 6.01. The lowest BCUT2D eigenvalue weighted by molar-refractivity contribution is -0.0494. The summed E-state index contributed by atoms with van der Waals surface area (Å²) < 4.78 is 61.3. The zero-order valence-corrected chi connectivity index (χ0v) is 15.1. The van der Waals surface area contributed by atoms with E-state index in [9.17, 15) is 17.6 Å². The second-order valence-corrected chi connectivity index (χ2v) is 6.15. The Balaban J connectivity index is 1.75. The molecular formula is C19H17F4N3O2. The Morgan fingerprint density at radius 1 is 1.11 bits per heavy atom. The highest BCUT2D eigenvalue weighted by Crippen LogP contribution is 2.29. The molecule has 0 spiro atoms. The molecule has 5 nitrogen and oxygen atoms in total. The standard InChI is InChI=1S/C19H17F4N3O2/c1-11(12-7-8-14(20)15(21)9-12)26(2)10-17-24-18(25-28-17)13-5-3-4-6-16(13)27-19(22)23/h3-9,11,19H,10H2,1-2H3. The fourth-order valence-corrected chi connectivity index (χ4v) is 2.66. The molecule has 9 heteroatoms. The summed E-state index contributed by atoms with van der Waals surface area (Å²) in [6.45, 7) is -0.948. The van der Waals surface area contributed by atoms with Crippen LogP contribution in [-0.4, -0.2) is 28.7 Å². The van der Waals surface area contributed by atoms with Gasteiger partial charge in [-0.25, -0.2) is 8.78 Å². The van der Waals surface area contributed by atoms with E-state index in [4.69, 9.17) is 4.52 Å². The van der Waals surface area contributed by atoms with Crippen LogP contribution in [0, 0.1) is 11.6 Å². The number of para-hydroxylation sites is 1. The van der Waals surface area contributed by atoms with E-state index in [0.29, 0.717) is 5.56 Å². The van der Waals surface area contributed by atoms with Crippen LogP contribution in [0.5, 0.6) is 5.75 Å². The van der Waals surface area contributed by atoms with Crippen molar-refractivity contribution in [1.82, 2.24) is 15.0 Å². The van der Waals surface area contributed by atoms with Crippen LogP contribution < -0.4 is 4.74 Å². The lowest BCUT2D eigenvalue weighted by Gasteiger charge is -2.23. The Hall–Kier alpha value is -2.94. The first kappa shape index (κ1) is 19.8. The van der Waals surface area contributed by atoms with Gasteiger partial charge >= 0.3 is 6.61 Å². The molecular weight excluding hydrogens is 378 g/mol. The van der Waals surface area contributed by atoms with Gasteiger partial charge in [0.05, 0.1) is 12.1 Å². The zero-order chi connectivity index (χ0) is 20.3. The van der Waals surface area contributed by atoms with E-state index in [-0.39, 0.29) is 35.6 Å². The van der Waals surface area contributed by atoms with Gasteiger partial charge in [0.25, 0.3) is 0 Å². The van der Waals surface area contributed by atoms with Crippen molar-refractivity contribution in [2.24, 2.45) is 0 Å². The lowest BCUT2D eigenvalue weighted by Crippen LogP contribution is -2.22. The fraction of sp³-hybridized carbons (Fsp3) is 0.263. The van der Waals surface area contributed by atoms with Crippen LogP contribution >= 0.6 is 0 Å². The number of nitrogens with zero attached hydrogens (tertiary/aromatic N) is 3. The van der Waals surface area contributed by atoms with E-state index < -0.39 is 18.2 Å². The Kier molecular flexibility index (Phi) is 5.93. The van der Waals surface area contributed by atoms with Crippen LogP contribution in [0.4, 0.5) is 17.6 Å². The zero-order valence-electron chi connectivity index (χ0n) is 15.1. The molecule has 148 valence electrons. The number of alkyl halides is 2. The molecule has 0 saturated heterocycles. The van der Waals surface area contributed by atoms with Crippen molar-refractivity contribution in [2.45, 2.75) is 26.1 Å². The molecule has 3 aromatic rings. The minimum atomic E-state index is -2.98. The summed E-state index contributed by atoms with van der Waals surface area (Å²) in [5.74, 6) is -1.55. The van der Waals surface area contributed by atoms with E-state index in [2.05, 4.69) is 14.9 Å². The van der Waals surface area contributed by atoms with Crippen LogP contribution in [0.3, 0.4) is 0 Å². The number of ether oxygens (including phenoxy) is 1. The summed E-state index contributed by atoms with van der Waals surface area (Å²) in [5, 5.41) is 3.82. The van der Waals surface area contributed by atoms with Crippen molar-refractivity contribution in [3.8, 4) is 17.1 Å². The number of halogens is 4. The molecule has 0 aliphatic rings. The molecule has 0 fully saturated rings. The van der Waals surface area contributed by atoms with Gasteiger partial charge in [-0.3, -0.25) is 4.90 Å². The number of hydrogen-bond acceptors (Lipinski definition) is 5. The van der Waals surface area contributed by atoms with E-state index in [1.165, 1.54) is 12.1 Å². The minimum Gasteiger partial charge on any atom is -0.434 e. The molecule has 0 saturated carbocycles. The van der Waals surface area contributed by atoms with Crippen LogP contribution in [-0.2, 0) is 6.54 Å². The van der Waals surface area contributed by atoms with Gasteiger partial charge in [-0.1, -0.05) is 23.4 Å². The average Bonchev–Trinajstić information content (AvgIpc) is 3.11. The molecule has 2 aromatic carbocycles. The second-order valence-electron chi connectivity index (χ2n) is 6.15. The molecule has 0 bridgehead atoms. The molecule has 0 amide bonds. The molecule has 1 aromatic heterocycles. The number of hydrogen-bond donors (Lipinski definition) is 0. The summed E-state index contributed by atoms with van der Waals surface area (Å²) in [6, 6.07) is 9.55. The Morgan fingerprint density at radius 2 is 1.86 bits per heavy atom. The molecule has 28 heavy (non-hydrogen) atoms. The normalized spacial score (nSPS) is 12.6. The Bertz CT molecular complexity index is 948. The molecule has 0 N–H and O–H groups in total. The van der Waals surface area contributed by atoms with E-state index in [1.54, 1.807) is 30.1 Å². The van der Waals surface area contributed by atoms with Crippen LogP contribution in [0.1, 0.15) is 24.4 Å². The molecule has 0 radical (unpaired) electrons. The number of aromatic nitrogens is 2. The summed E-state index contributed by atoms with van der Waals surface area (Å²) >= 11 is 0. The van der Waals surface area contributed by atoms with Crippen molar-refractivity contribution in [3.63, 3.8) is 0 Å². The monoisotopic (exact) mass is 395 g/mol. The van der Waals surface area contributed by atoms with E-state index >= 15 is 0 Å². The predicted molar refractivity (Wildman–Crippen MR) is 92.6 cm³/mol. The highest BCUT2D eigenvalue weighted by molar-refractivity contribution is 5.63. The Morgan fingerprint density at radius 3 is 2.57 bits per heavy atom. The number of rotatable bonds is 7. The van der Waals surface area contributed by atoms with E-state index in [0.717, 1.165) is 12.1 Å². The van der Waals surface area contributed by atoms with Crippen molar-refractivity contribution in [3.05, 3.63) is 65.6 Å². The van der Waals surface area contributed by atoms with Gasteiger partial charge < -0.3 is 9.26 Å². The van der Waals surface area contributed by atoms with Crippen molar-refractivity contribution < 1.29 is 26.8 Å². The van der Waals surface area contributed by atoms with Gasteiger partial charge in [-0.2, -0.15) is 13.8 Å². The summed E-state index contributed by atoms with van der Waals surface area (Å²) in [7, 11) is 1.75. The first-order valence-electron chi connectivity index (χ1n) is 8.37. The van der Waals surface area contributed by atoms with Gasteiger partial charge in [0.2, 0.25) is 11.7 Å². The maximum absolute atomic E-state index is 13.4. The van der Waals surface area contributed by atoms with Gasteiger partial charge in [0.1, 0.15) is 5.75 Å². The minimum absolute atomic E-state index is 0.0617. The highest BCUT2D eigenvalue weighted by atomic mass is 19.3. The van der Waals surface area contributed by atoms with Gasteiger partial charge in [-0.05, 0) is 43.8 Å². The van der Waals surface area contributed by atoms with Crippen molar-refractivity contribution in [1.29, 1.82) is 0 Å². The largest absolute Gasteiger partial charge is 0.434 e. The lowest BCUT2D eigenvalue weighted by atomic mass is 10.1. The van der Waals surface area contributed by atoms with Gasteiger partial charge in [-0.15, -0.1) is 0 Å². The van der Waals surface area contributed by atoms with Crippen molar-refractivity contribution in [2.75, 3.05) is 7.05 Å². The predicted octanol–water partition coefficient (Wildman–Crippen LogP) is 4.81. The maximum atomic E-state index is 13.4. The third-order valence-corrected chi connectivity index (χ3v) is 4.28. The molecule has 1 atom stereocenters. The van der Waals surface area contributed by atoms with Crippen molar-refractivity contribution >= 4 is 0 Å². The van der Waals surface area contributed by atoms with Gasteiger partial charge in [0.15, 0.2) is 11.6 Å². The first-order chi connectivity index (χ1) is 13.3. The highest BCUT2D eigenvalue weighted by Gasteiger charge is 2.19. The van der Waals surface area contributed by atoms with Crippen LogP contribution in [0.2, 0.25) is 0 Å². The topological polar surface area (TPSA) is 51.4 Å². The molecule has 0 aliphatic carbocycles. The molecule has 1 heterocycles. The quantitative estimate of drug-likeness (QED) is 0.538. The first-order valence-corrected chi connectivity index (χ1v) is 8.37. The van der Waals surface area contributed by atoms with E-state index in [1.807, 2.05) is 6.92 Å². The Labute approximate surface area is 158 Å². The average molecular weight is 395 g/mol.